The molecule has 7 rings (SSSR count). The molecule has 0 atom stereocenters. The maximum atomic E-state index is 13.3. The van der Waals surface area contributed by atoms with Gasteiger partial charge in [0, 0.05) is 28.4 Å². The Kier molecular flexibility index (Phi) is 10.3. The molecular weight excluding hydrogens is 723 g/mol. The number of nitrogens with zero attached hydrogens (tertiary/aromatic N) is 7. The van der Waals surface area contributed by atoms with Crippen LogP contribution in [-0.4, -0.2) is 9.13 Å². The highest BCUT2D eigenvalue weighted by atomic mass is 32.1. The minimum absolute atomic E-state index is 0.141. The van der Waals surface area contributed by atoms with Gasteiger partial charge < -0.3 is 4.90 Å². The predicted octanol–water partition coefficient (Wildman–Crippen LogP) is 5.63. The number of nitriles is 4. The van der Waals surface area contributed by atoms with Gasteiger partial charge in [-0.3, -0.25) is 18.7 Å². The summed E-state index contributed by atoms with van der Waals surface area (Å²) < 4.78 is 3.28. The number of anilines is 3. The Morgan fingerprint density at radius 2 is 0.800 bits per heavy atom. The summed E-state index contributed by atoms with van der Waals surface area (Å²) in [5, 5.41) is 39.2. The maximum Gasteiger partial charge on any atom is 0.258 e. The van der Waals surface area contributed by atoms with E-state index in [1.165, 1.54) is 0 Å². The third kappa shape index (κ3) is 7.17. The van der Waals surface area contributed by atoms with E-state index in [0.29, 0.717) is 22.1 Å². The normalized spacial score (nSPS) is 11.2. The molecular formula is C44H25N7O2S2. The van der Waals surface area contributed by atoms with E-state index in [-0.39, 0.29) is 30.0 Å². The van der Waals surface area contributed by atoms with Crippen molar-refractivity contribution in [2.24, 2.45) is 0 Å². The van der Waals surface area contributed by atoms with E-state index in [1.807, 2.05) is 164 Å². The molecule has 2 heterocycles. The second-order valence-electron chi connectivity index (χ2n) is 11.8. The van der Waals surface area contributed by atoms with Gasteiger partial charge in [-0.25, -0.2) is 0 Å². The molecule has 9 nitrogen and oxygen atoms in total. The standard InChI is InChI=1S/C44H25N7O2S2/c45-26-32(27-46)41-50(35-12-6-2-7-13-35)39(43(52)54-41)24-30-16-20-37(21-17-30)49(34-10-4-1-5-11-34)38-22-18-31(19-23-38)25-40-44(53)55-42(33(28-47)29-48)51(40)36-14-8-3-9-15-36/h1-25H. The summed E-state index contributed by atoms with van der Waals surface area (Å²) in [5.74, 6) is 0. The zero-order valence-corrected chi connectivity index (χ0v) is 30.3. The van der Waals surface area contributed by atoms with Crippen LogP contribution in [0.2, 0.25) is 0 Å². The monoisotopic (exact) mass is 747 g/mol. The Morgan fingerprint density at radius 3 is 1.15 bits per heavy atom. The Hall–Kier alpha value is -7.80. The van der Waals surface area contributed by atoms with Crippen LogP contribution in [0.1, 0.15) is 11.1 Å². The van der Waals surface area contributed by atoms with Crippen molar-refractivity contribution in [2.45, 2.75) is 0 Å². The molecule has 0 radical (unpaired) electrons. The van der Waals surface area contributed by atoms with E-state index in [4.69, 9.17) is 0 Å². The van der Waals surface area contributed by atoms with Crippen molar-refractivity contribution in [3.63, 3.8) is 0 Å². The summed E-state index contributed by atoms with van der Waals surface area (Å²) in [4.78, 5) is 28.7. The Labute approximate surface area is 322 Å². The number of aromatic nitrogens is 2. The molecule has 0 saturated heterocycles. The van der Waals surface area contributed by atoms with Crippen molar-refractivity contribution < 1.29 is 0 Å². The van der Waals surface area contributed by atoms with E-state index >= 15 is 0 Å². The zero-order valence-electron chi connectivity index (χ0n) is 28.7. The molecule has 0 N–H and O–H groups in total. The van der Waals surface area contributed by atoms with Crippen molar-refractivity contribution in [1.29, 1.82) is 21.0 Å². The highest BCUT2D eigenvalue weighted by molar-refractivity contribution is 7.07. The molecule has 0 bridgehead atoms. The van der Waals surface area contributed by atoms with Gasteiger partial charge in [-0.15, -0.1) is 0 Å². The van der Waals surface area contributed by atoms with E-state index in [9.17, 15) is 30.6 Å². The smallest absolute Gasteiger partial charge is 0.258 e. The fourth-order valence-electron chi connectivity index (χ4n) is 6.03. The van der Waals surface area contributed by atoms with Crippen molar-refractivity contribution in [2.75, 3.05) is 4.90 Å². The summed E-state index contributed by atoms with van der Waals surface area (Å²) in [7, 11) is 0. The first-order chi connectivity index (χ1) is 26.9. The van der Waals surface area contributed by atoms with E-state index < -0.39 is 0 Å². The average Bonchev–Trinajstić information content (AvgIpc) is 3.72. The fourth-order valence-corrected chi connectivity index (χ4v) is 7.87. The van der Waals surface area contributed by atoms with Gasteiger partial charge in [0.05, 0.1) is 0 Å². The highest BCUT2D eigenvalue weighted by Crippen LogP contribution is 2.34. The van der Waals surface area contributed by atoms with Gasteiger partial charge in [-0.1, -0.05) is 102 Å². The summed E-state index contributed by atoms with van der Waals surface area (Å²) in [5.41, 5.74) is 5.11. The first-order valence-electron chi connectivity index (χ1n) is 16.7. The van der Waals surface area contributed by atoms with Crippen LogP contribution in [0.5, 0.6) is 0 Å². The first-order valence-corrected chi connectivity index (χ1v) is 18.3. The molecule has 55 heavy (non-hydrogen) atoms. The molecule has 0 aliphatic rings. The van der Waals surface area contributed by atoms with Gasteiger partial charge in [0.15, 0.2) is 11.1 Å². The molecule has 7 aromatic rings. The maximum absolute atomic E-state index is 13.3. The highest BCUT2D eigenvalue weighted by Gasteiger charge is 2.15. The second kappa shape index (κ2) is 15.8. The molecule has 11 heteroatoms. The number of hydrogen-bond acceptors (Lipinski definition) is 9. The molecule has 0 saturated carbocycles. The zero-order chi connectivity index (χ0) is 38.3. The van der Waals surface area contributed by atoms with Crippen LogP contribution in [0.3, 0.4) is 0 Å². The molecule has 0 aliphatic heterocycles. The average molecular weight is 748 g/mol. The number of rotatable bonds is 7. The minimum atomic E-state index is -0.278. The van der Waals surface area contributed by atoms with Crippen molar-refractivity contribution in [3.8, 4) is 35.7 Å². The number of thiazole rings is 2. The third-order valence-electron chi connectivity index (χ3n) is 8.51. The Balaban J connectivity index is 1.31. The van der Waals surface area contributed by atoms with Crippen molar-refractivity contribution >= 4 is 63.0 Å². The number of benzene rings is 5. The predicted molar refractivity (Wildman–Crippen MR) is 216 cm³/mol. The van der Waals surface area contributed by atoms with Crippen LogP contribution in [0.25, 0.3) is 34.7 Å². The summed E-state index contributed by atoms with van der Waals surface area (Å²) >= 11 is 1.72. The fraction of sp³-hybridized carbons (Fsp3) is 0. The SMILES string of the molecule is N#CC(C#N)=c1sc(=O)c(=Cc2ccc(N(c3ccccc3)c3ccc(C=c4c(=O)sc(=C(C#N)C#N)n4-c4ccccc4)cc3)cc2)n1-c1ccccc1. The first kappa shape index (κ1) is 35.6. The van der Waals surface area contributed by atoms with Crippen LogP contribution >= 0.6 is 22.7 Å². The third-order valence-corrected chi connectivity index (χ3v) is 10.5. The van der Waals surface area contributed by atoms with E-state index in [1.54, 1.807) is 21.3 Å². The number of hydrogen-bond donors (Lipinski definition) is 0. The van der Waals surface area contributed by atoms with Gasteiger partial charge in [-0.2, -0.15) is 21.0 Å². The topological polar surface area (TPSA) is 142 Å². The Bertz CT molecular complexity index is 2870. The van der Waals surface area contributed by atoms with Crippen LogP contribution < -0.4 is 34.4 Å². The lowest BCUT2D eigenvalue weighted by Gasteiger charge is -2.25. The largest absolute Gasteiger partial charge is 0.311 e. The van der Waals surface area contributed by atoms with Crippen LogP contribution in [0.15, 0.2) is 149 Å². The lowest BCUT2D eigenvalue weighted by Crippen LogP contribution is -2.31. The lowest BCUT2D eigenvalue weighted by molar-refractivity contribution is 0.994. The Morgan fingerprint density at radius 1 is 0.473 bits per heavy atom. The number of para-hydroxylation sites is 3. The molecule has 5 aromatic carbocycles. The summed E-state index contributed by atoms with van der Waals surface area (Å²) in [6.45, 7) is 0. The summed E-state index contributed by atoms with van der Waals surface area (Å²) in [6, 6.07) is 51.2. The molecule has 2 aromatic heterocycles. The molecule has 0 spiro atoms. The molecule has 0 aliphatic carbocycles. The second-order valence-corrected chi connectivity index (χ2v) is 13.8. The molecule has 0 fully saturated rings. The quantitative estimate of drug-likeness (QED) is 0.206. The lowest BCUT2D eigenvalue weighted by atomic mass is 10.1. The van der Waals surface area contributed by atoms with Crippen LogP contribution in [-0.2, 0) is 0 Å². The van der Waals surface area contributed by atoms with Gasteiger partial charge in [-0.05, 0) is 83.9 Å². The summed E-state index contributed by atoms with van der Waals surface area (Å²) in [6.07, 6.45) is 3.50. The molecule has 0 amide bonds. The van der Waals surface area contributed by atoms with Crippen LogP contribution in [0.4, 0.5) is 17.1 Å². The van der Waals surface area contributed by atoms with Crippen LogP contribution in [0, 0.1) is 45.3 Å². The van der Waals surface area contributed by atoms with Gasteiger partial charge >= 0.3 is 0 Å². The van der Waals surface area contributed by atoms with Crippen molar-refractivity contribution in [1.82, 2.24) is 9.13 Å². The van der Waals surface area contributed by atoms with Gasteiger partial charge in [0.2, 0.25) is 0 Å². The van der Waals surface area contributed by atoms with Gasteiger partial charge in [0.1, 0.15) is 44.3 Å². The van der Waals surface area contributed by atoms with Gasteiger partial charge in [0.25, 0.3) is 9.48 Å². The minimum Gasteiger partial charge on any atom is -0.311 e. The van der Waals surface area contributed by atoms with Crippen molar-refractivity contribution in [3.05, 3.63) is 190 Å². The molecule has 260 valence electrons. The van der Waals surface area contributed by atoms with E-state index in [2.05, 4.69) is 4.90 Å². The van der Waals surface area contributed by atoms with E-state index in [0.717, 1.165) is 50.9 Å². The molecule has 0 unspecified atom stereocenters.